The minimum Gasteiger partial charge on any atom is -0.322 e. The first-order valence-corrected chi connectivity index (χ1v) is 4.97. The third-order valence-electron chi connectivity index (χ3n) is 2.34. The molecule has 0 spiro atoms. The zero-order valence-electron chi connectivity index (χ0n) is 10.0. The van der Waals surface area contributed by atoms with Crippen molar-refractivity contribution in [2.75, 3.05) is 27.2 Å². The van der Waals surface area contributed by atoms with Crippen molar-refractivity contribution in [1.29, 1.82) is 0 Å². The van der Waals surface area contributed by atoms with Crippen molar-refractivity contribution < 1.29 is 4.48 Å². The normalized spacial score (nSPS) is 14.9. The lowest BCUT2D eigenvalue weighted by Crippen LogP contribution is -2.42. The van der Waals surface area contributed by atoms with Gasteiger partial charge >= 0.3 is 0 Å². The van der Waals surface area contributed by atoms with Crippen LogP contribution < -0.4 is 0 Å². The summed E-state index contributed by atoms with van der Waals surface area (Å²) in [4.78, 5) is 0. The molecule has 0 saturated heterocycles. The van der Waals surface area contributed by atoms with Crippen molar-refractivity contribution in [1.82, 2.24) is 0 Å². The van der Waals surface area contributed by atoms with Crippen LogP contribution in [0, 0.1) is 0 Å². The smallest absolute Gasteiger partial charge is 0.0998 e. The molecular weight excluding hydrogens is 158 g/mol. The van der Waals surface area contributed by atoms with Gasteiger partial charge in [0.05, 0.1) is 27.2 Å². The molecule has 13 heavy (non-hydrogen) atoms. The van der Waals surface area contributed by atoms with E-state index in [0.29, 0.717) is 0 Å². The largest absolute Gasteiger partial charge is 0.322 e. The van der Waals surface area contributed by atoms with Crippen molar-refractivity contribution in [3.63, 3.8) is 0 Å². The Labute approximate surface area is 83.3 Å². The van der Waals surface area contributed by atoms with E-state index in [1.54, 1.807) is 0 Å². The van der Waals surface area contributed by atoms with E-state index in [-0.39, 0.29) is 0 Å². The molecule has 0 bridgehead atoms. The van der Waals surface area contributed by atoms with Gasteiger partial charge in [0.25, 0.3) is 0 Å². The van der Waals surface area contributed by atoms with Crippen LogP contribution in [0.1, 0.15) is 27.7 Å². The fraction of sp³-hybridized carbons (Fsp3) is 0.667. The van der Waals surface area contributed by atoms with Crippen LogP contribution in [0.25, 0.3) is 0 Å². The molecule has 0 fully saturated rings. The molecule has 0 aliphatic heterocycles. The van der Waals surface area contributed by atoms with E-state index < -0.39 is 0 Å². The minimum atomic E-state index is 1.05. The standard InChI is InChI=1S/C12H24N/c1-7-11(3)9-13(5,6)10-12(4)8-2/h7-8H,9-10H2,1-6H3/q+1/b11-7+,12-8+. The molecule has 0 atom stereocenters. The topological polar surface area (TPSA) is 0 Å². The van der Waals surface area contributed by atoms with Gasteiger partial charge in [-0.2, -0.15) is 0 Å². The monoisotopic (exact) mass is 182 g/mol. The van der Waals surface area contributed by atoms with E-state index in [1.807, 2.05) is 0 Å². The number of likely N-dealkylation sites (N-methyl/N-ethyl adjacent to an activating group) is 1. The van der Waals surface area contributed by atoms with Crippen molar-refractivity contribution >= 4 is 0 Å². The maximum absolute atomic E-state index is 2.28. The molecule has 0 rings (SSSR count). The van der Waals surface area contributed by atoms with Crippen molar-refractivity contribution in [3.05, 3.63) is 23.3 Å². The van der Waals surface area contributed by atoms with Crippen LogP contribution in [0.2, 0.25) is 0 Å². The molecule has 0 unspecified atom stereocenters. The van der Waals surface area contributed by atoms with E-state index >= 15 is 0 Å². The summed E-state index contributed by atoms with van der Waals surface area (Å²) in [6, 6.07) is 0. The maximum Gasteiger partial charge on any atom is 0.0998 e. The average molecular weight is 182 g/mol. The summed E-state index contributed by atoms with van der Waals surface area (Å²) in [5.41, 5.74) is 2.93. The molecule has 0 aromatic heterocycles. The van der Waals surface area contributed by atoms with Crippen molar-refractivity contribution in [3.8, 4) is 0 Å². The second kappa shape index (κ2) is 5.23. The molecule has 0 N–H and O–H groups in total. The molecule has 0 heterocycles. The average Bonchev–Trinajstić information content (AvgIpc) is 2.02. The molecule has 1 heteroatoms. The zero-order chi connectivity index (χ0) is 10.5. The molecule has 76 valence electrons. The van der Waals surface area contributed by atoms with Gasteiger partial charge < -0.3 is 4.48 Å². The van der Waals surface area contributed by atoms with Crippen LogP contribution in [0.15, 0.2) is 23.3 Å². The third-order valence-corrected chi connectivity index (χ3v) is 2.34. The van der Waals surface area contributed by atoms with Gasteiger partial charge in [0.1, 0.15) is 0 Å². The highest BCUT2D eigenvalue weighted by molar-refractivity contribution is 4.98. The zero-order valence-corrected chi connectivity index (χ0v) is 10.0. The summed E-state index contributed by atoms with van der Waals surface area (Å²) in [7, 11) is 4.56. The summed E-state index contributed by atoms with van der Waals surface area (Å²) >= 11 is 0. The molecule has 0 aromatic carbocycles. The SMILES string of the molecule is C/C=C(\C)C[N+](C)(C)C/C(C)=C/C. The van der Waals surface area contributed by atoms with E-state index in [2.05, 4.69) is 53.9 Å². The number of hydrogen-bond acceptors (Lipinski definition) is 0. The predicted molar refractivity (Wildman–Crippen MR) is 60.7 cm³/mol. The van der Waals surface area contributed by atoms with Gasteiger partial charge in [-0.3, -0.25) is 0 Å². The van der Waals surface area contributed by atoms with Crippen molar-refractivity contribution in [2.24, 2.45) is 0 Å². The Morgan fingerprint density at radius 3 is 1.46 bits per heavy atom. The van der Waals surface area contributed by atoms with E-state index in [1.165, 1.54) is 11.1 Å². The molecule has 0 amide bonds. The van der Waals surface area contributed by atoms with Crippen LogP contribution in [-0.2, 0) is 0 Å². The Hall–Kier alpha value is -0.560. The lowest BCUT2D eigenvalue weighted by molar-refractivity contribution is -0.880. The Morgan fingerprint density at radius 1 is 0.923 bits per heavy atom. The highest BCUT2D eigenvalue weighted by Crippen LogP contribution is 2.08. The second-order valence-electron chi connectivity index (χ2n) is 4.52. The van der Waals surface area contributed by atoms with Crippen LogP contribution in [0.5, 0.6) is 0 Å². The van der Waals surface area contributed by atoms with Crippen LogP contribution in [-0.4, -0.2) is 31.7 Å². The van der Waals surface area contributed by atoms with Gasteiger partial charge in [0, 0.05) is 0 Å². The number of nitrogens with zero attached hydrogens (tertiary/aromatic N) is 1. The number of rotatable bonds is 4. The number of allylic oxidation sites excluding steroid dienone is 2. The quantitative estimate of drug-likeness (QED) is 0.463. The van der Waals surface area contributed by atoms with Crippen LogP contribution in [0.3, 0.4) is 0 Å². The first-order valence-electron chi connectivity index (χ1n) is 4.97. The summed E-state index contributed by atoms with van der Waals surface area (Å²) in [5.74, 6) is 0. The highest BCUT2D eigenvalue weighted by Gasteiger charge is 2.15. The summed E-state index contributed by atoms with van der Waals surface area (Å²) < 4.78 is 1.05. The molecule has 1 nitrogen and oxygen atoms in total. The Morgan fingerprint density at radius 2 is 1.23 bits per heavy atom. The minimum absolute atomic E-state index is 1.05. The molecule has 0 saturated carbocycles. The fourth-order valence-electron chi connectivity index (χ4n) is 1.59. The van der Waals surface area contributed by atoms with Crippen LogP contribution in [0.4, 0.5) is 0 Å². The Bertz CT molecular complexity index is 187. The van der Waals surface area contributed by atoms with E-state index in [0.717, 1.165) is 17.6 Å². The van der Waals surface area contributed by atoms with Gasteiger partial charge in [0.2, 0.25) is 0 Å². The molecule has 0 radical (unpaired) electrons. The summed E-state index contributed by atoms with van der Waals surface area (Å²) in [6.45, 7) is 10.9. The lowest BCUT2D eigenvalue weighted by Gasteiger charge is -2.30. The van der Waals surface area contributed by atoms with Gasteiger partial charge in [-0.15, -0.1) is 0 Å². The molecule has 0 aliphatic carbocycles. The van der Waals surface area contributed by atoms with Crippen molar-refractivity contribution in [2.45, 2.75) is 27.7 Å². The lowest BCUT2D eigenvalue weighted by atomic mass is 10.2. The van der Waals surface area contributed by atoms with E-state index in [4.69, 9.17) is 0 Å². The summed E-state index contributed by atoms with van der Waals surface area (Å²) in [5, 5.41) is 0. The Balaban J connectivity index is 4.24. The van der Waals surface area contributed by atoms with Crippen LogP contribution >= 0.6 is 0 Å². The summed E-state index contributed by atoms with van der Waals surface area (Å²) in [6.07, 6.45) is 4.40. The first kappa shape index (κ1) is 12.4. The highest BCUT2D eigenvalue weighted by atomic mass is 15.3. The Kier molecular flexibility index (Phi) is 5.01. The van der Waals surface area contributed by atoms with Gasteiger partial charge in [-0.05, 0) is 38.8 Å². The number of hydrogen-bond donors (Lipinski definition) is 0. The molecule has 0 aliphatic rings. The molecule has 0 aromatic rings. The number of quaternary nitrogens is 1. The van der Waals surface area contributed by atoms with Gasteiger partial charge in [0.15, 0.2) is 0 Å². The van der Waals surface area contributed by atoms with Gasteiger partial charge in [-0.1, -0.05) is 12.2 Å². The molecular formula is C12H24N+. The maximum atomic E-state index is 2.28. The second-order valence-corrected chi connectivity index (χ2v) is 4.52. The van der Waals surface area contributed by atoms with Gasteiger partial charge in [-0.25, -0.2) is 0 Å². The predicted octanol–water partition coefficient (Wildman–Crippen LogP) is 3.00. The van der Waals surface area contributed by atoms with E-state index in [9.17, 15) is 0 Å². The third kappa shape index (κ3) is 5.64. The first-order chi connectivity index (χ1) is 5.91. The fourth-order valence-corrected chi connectivity index (χ4v) is 1.59.